The van der Waals surface area contributed by atoms with Gasteiger partial charge in [0.05, 0.1) is 5.75 Å². The van der Waals surface area contributed by atoms with Gasteiger partial charge in [-0.3, -0.25) is 0 Å². The highest BCUT2D eigenvalue weighted by molar-refractivity contribution is 7.88. The lowest BCUT2D eigenvalue weighted by Crippen LogP contribution is -2.32. The molecule has 0 saturated heterocycles. The highest BCUT2D eigenvalue weighted by Gasteiger charge is 2.14. The normalized spacial score (nSPS) is 13.2. The standard InChI is InChI=1S/C12H18N2O2S2/c1-3-9(2)14-18(15,16)8-10-4-6-11(7-5-10)12(13)17/h4-7,9,14H,3,8H2,1-2H3,(H2,13,17). The minimum atomic E-state index is -3.29. The Morgan fingerprint density at radius 2 is 1.94 bits per heavy atom. The lowest BCUT2D eigenvalue weighted by Gasteiger charge is -2.12. The molecule has 0 radical (unpaired) electrons. The van der Waals surface area contributed by atoms with E-state index in [1.54, 1.807) is 24.3 Å². The number of nitrogens with one attached hydrogen (secondary N) is 1. The zero-order chi connectivity index (χ0) is 13.8. The molecule has 3 N–H and O–H groups in total. The predicted molar refractivity (Wildman–Crippen MR) is 77.8 cm³/mol. The Morgan fingerprint density at radius 1 is 1.39 bits per heavy atom. The second-order valence-electron chi connectivity index (χ2n) is 4.25. The molecule has 0 spiro atoms. The van der Waals surface area contributed by atoms with Crippen LogP contribution in [0, 0.1) is 0 Å². The molecule has 1 atom stereocenters. The largest absolute Gasteiger partial charge is 0.389 e. The molecular weight excluding hydrogens is 268 g/mol. The maximum Gasteiger partial charge on any atom is 0.216 e. The van der Waals surface area contributed by atoms with Gasteiger partial charge >= 0.3 is 0 Å². The summed E-state index contributed by atoms with van der Waals surface area (Å²) in [6.07, 6.45) is 0.764. The first-order chi connectivity index (χ1) is 8.34. The van der Waals surface area contributed by atoms with Crippen molar-refractivity contribution in [1.82, 2.24) is 4.72 Å². The lowest BCUT2D eigenvalue weighted by atomic mass is 10.1. The molecule has 0 bridgehead atoms. The van der Waals surface area contributed by atoms with Crippen LogP contribution in [0.25, 0.3) is 0 Å². The number of sulfonamides is 1. The SMILES string of the molecule is CCC(C)NS(=O)(=O)Cc1ccc(C(N)=S)cc1. The molecule has 1 aromatic carbocycles. The maximum atomic E-state index is 11.8. The Labute approximate surface area is 114 Å². The van der Waals surface area contributed by atoms with Crippen molar-refractivity contribution in [3.8, 4) is 0 Å². The van der Waals surface area contributed by atoms with Gasteiger partial charge in [0.15, 0.2) is 0 Å². The quantitative estimate of drug-likeness (QED) is 0.778. The third kappa shape index (κ3) is 4.72. The molecule has 0 heterocycles. The third-order valence-corrected chi connectivity index (χ3v) is 4.30. The Bertz CT molecular complexity index is 509. The summed E-state index contributed by atoms with van der Waals surface area (Å²) in [5.41, 5.74) is 6.93. The fourth-order valence-corrected chi connectivity index (χ4v) is 3.05. The number of hydrogen-bond donors (Lipinski definition) is 2. The summed E-state index contributed by atoms with van der Waals surface area (Å²) < 4.78 is 26.3. The van der Waals surface area contributed by atoms with Gasteiger partial charge < -0.3 is 5.73 Å². The van der Waals surface area contributed by atoms with Crippen molar-refractivity contribution in [2.45, 2.75) is 32.1 Å². The summed E-state index contributed by atoms with van der Waals surface area (Å²) >= 11 is 4.83. The van der Waals surface area contributed by atoms with Gasteiger partial charge in [0.2, 0.25) is 10.0 Å². The van der Waals surface area contributed by atoms with Gasteiger partial charge in [-0.15, -0.1) is 0 Å². The van der Waals surface area contributed by atoms with Gasteiger partial charge in [0.25, 0.3) is 0 Å². The average Bonchev–Trinajstić information content (AvgIpc) is 2.28. The molecule has 4 nitrogen and oxygen atoms in total. The topological polar surface area (TPSA) is 72.2 Å². The van der Waals surface area contributed by atoms with Crippen LogP contribution < -0.4 is 10.5 Å². The lowest BCUT2D eigenvalue weighted by molar-refractivity contribution is 0.555. The second-order valence-corrected chi connectivity index (χ2v) is 6.44. The molecule has 100 valence electrons. The first-order valence-corrected chi connectivity index (χ1v) is 7.79. The smallest absolute Gasteiger partial charge is 0.216 e. The Morgan fingerprint density at radius 3 is 2.39 bits per heavy atom. The molecule has 1 rings (SSSR count). The zero-order valence-corrected chi connectivity index (χ0v) is 12.1. The number of benzene rings is 1. The highest BCUT2D eigenvalue weighted by atomic mass is 32.2. The summed E-state index contributed by atoms with van der Waals surface area (Å²) in [5.74, 6) is -0.0328. The van der Waals surface area contributed by atoms with Crippen molar-refractivity contribution in [3.63, 3.8) is 0 Å². The molecule has 0 saturated carbocycles. The summed E-state index contributed by atoms with van der Waals surface area (Å²) in [6, 6.07) is 6.87. The van der Waals surface area contributed by atoms with Crippen molar-refractivity contribution < 1.29 is 8.42 Å². The number of nitrogens with two attached hydrogens (primary N) is 1. The van der Waals surface area contributed by atoms with Crippen LogP contribution in [0.2, 0.25) is 0 Å². The first-order valence-electron chi connectivity index (χ1n) is 5.73. The van der Waals surface area contributed by atoms with E-state index < -0.39 is 10.0 Å². The summed E-state index contributed by atoms with van der Waals surface area (Å²) in [6.45, 7) is 3.78. The molecular formula is C12H18N2O2S2. The minimum absolute atomic E-state index is 0.0328. The van der Waals surface area contributed by atoms with Crippen molar-refractivity contribution >= 4 is 27.2 Å². The van der Waals surface area contributed by atoms with Crippen molar-refractivity contribution in [3.05, 3.63) is 35.4 Å². The van der Waals surface area contributed by atoms with E-state index in [1.165, 1.54) is 0 Å². The van der Waals surface area contributed by atoms with E-state index in [2.05, 4.69) is 4.72 Å². The van der Waals surface area contributed by atoms with Crippen LogP contribution in [-0.2, 0) is 15.8 Å². The van der Waals surface area contributed by atoms with Crippen molar-refractivity contribution in [2.24, 2.45) is 5.73 Å². The Kier molecular flexibility index (Phi) is 5.25. The summed E-state index contributed by atoms with van der Waals surface area (Å²) in [7, 11) is -3.29. The maximum absolute atomic E-state index is 11.8. The predicted octanol–water partition coefficient (Wildman–Crippen LogP) is 1.54. The second kappa shape index (κ2) is 6.26. The summed E-state index contributed by atoms with van der Waals surface area (Å²) in [5, 5.41) is 0. The van der Waals surface area contributed by atoms with E-state index in [0.717, 1.165) is 12.0 Å². The minimum Gasteiger partial charge on any atom is -0.389 e. The van der Waals surface area contributed by atoms with E-state index >= 15 is 0 Å². The molecule has 6 heteroatoms. The Balaban J connectivity index is 2.75. The number of thiocarbonyl (C=S) groups is 1. The van der Waals surface area contributed by atoms with Crippen molar-refractivity contribution in [2.75, 3.05) is 0 Å². The van der Waals surface area contributed by atoms with Crippen LogP contribution in [-0.4, -0.2) is 19.4 Å². The van der Waals surface area contributed by atoms with Gasteiger partial charge in [-0.05, 0) is 18.9 Å². The third-order valence-electron chi connectivity index (χ3n) is 2.59. The monoisotopic (exact) mass is 286 g/mol. The fraction of sp³-hybridized carbons (Fsp3) is 0.417. The van der Waals surface area contributed by atoms with Gasteiger partial charge in [-0.25, -0.2) is 13.1 Å². The van der Waals surface area contributed by atoms with Gasteiger partial charge in [0, 0.05) is 11.6 Å². The number of rotatable bonds is 6. The summed E-state index contributed by atoms with van der Waals surface area (Å²) in [4.78, 5) is 0.308. The van der Waals surface area contributed by atoms with Crippen LogP contribution in [0.5, 0.6) is 0 Å². The number of hydrogen-bond acceptors (Lipinski definition) is 3. The molecule has 1 aromatic rings. The van der Waals surface area contributed by atoms with Crippen LogP contribution >= 0.6 is 12.2 Å². The van der Waals surface area contributed by atoms with E-state index in [4.69, 9.17) is 18.0 Å². The molecule has 0 aliphatic heterocycles. The van der Waals surface area contributed by atoms with E-state index in [0.29, 0.717) is 10.6 Å². The van der Waals surface area contributed by atoms with Crippen LogP contribution in [0.15, 0.2) is 24.3 Å². The van der Waals surface area contributed by atoms with E-state index in [1.807, 2.05) is 13.8 Å². The zero-order valence-electron chi connectivity index (χ0n) is 10.5. The van der Waals surface area contributed by atoms with Crippen molar-refractivity contribution in [1.29, 1.82) is 0 Å². The molecule has 0 aromatic heterocycles. The highest BCUT2D eigenvalue weighted by Crippen LogP contribution is 2.08. The molecule has 0 aliphatic carbocycles. The van der Waals surface area contributed by atoms with Crippen LogP contribution in [0.4, 0.5) is 0 Å². The Hall–Kier alpha value is -0.980. The molecule has 0 fully saturated rings. The van der Waals surface area contributed by atoms with Crippen LogP contribution in [0.1, 0.15) is 31.4 Å². The van der Waals surface area contributed by atoms with E-state index in [-0.39, 0.29) is 11.8 Å². The average molecular weight is 286 g/mol. The van der Waals surface area contributed by atoms with Gasteiger partial charge in [-0.2, -0.15) is 0 Å². The van der Waals surface area contributed by atoms with Gasteiger partial charge in [0.1, 0.15) is 4.99 Å². The first kappa shape index (κ1) is 15.1. The van der Waals surface area contributed by atoms with Gasteiger partial charge in [-0.1, -0.05) is 43.4 Å². The van der Waals surface area contributed by atoms with E-state index in [9.17, 15) is 8.42 Å². The molecule has 18 heavy (non-hydrogen) atoms. The van der Waals surface area contributed by atoms with Crippen LogP contribution in [0.3, 0.4) is 0 Å². The molecule has 1 unspecified atom stereocenters. The molecule has 0 aliphatic rings. The molecule has 0 amide bonds. The fourth-order valence-electron chi connectivity index (χ4n) is 1.42.